The number of ether oxygens (including phenoxy) is 1. The maximum absolute atomic E-state index is 13.1. The Bertz CT molecular complexity index is 1110. The maximum Gasteiger partial charge on any atom is 0.243 e. The van der Waals surface area contributed by atoms with E-state index >= 15 is 0 Å². The van der Waals surface area contributed by atoms with Gasteiger partial charge in [-0.3, -0.25) is 9.69 Å². The predicted octanol–water partition coefficient (Wildman–Crippen LogP) is 2.89. The summed E-state index contributed by atoms with van der Waals surface area (Å²) in [5.41, 5.74) is 0.988. The molecule has 3 aromatic rings. The molecule has 7 heteroatoms. The number of hydrogen-bond donors (Lipinski definition) is 0. The summed E-state index contributed by atoms with van der Waals surface area (Å²) in [5, 5.41) is 1.90. The quantitative estimate of drug-likeness (QED) is 0.546. The summed E-state index contributed by atoms with van der Waals surface area (Å²) in [6.45, 7) is 1.83. The van der Waals surface area contributed by atoms with Gasteiger partial charge >= 0.3 is 0 Å². The first-order chi connectivity index (χ1) is 14.6. The molecule has 1 fully saturated rings. The SMILES string of the molecule is O=CC(OCc1ccccc1)N1CCN(S(=O)(=O)c2ccc3ccccc3c2)CC1. The van der Waals surface area contributed by atoms with Crippen molar-refractivity contribution in [1.82, 2.24) is 9.21 Å². The van der Waals surface area contributed by atoms with Crippen LogP contribution in [0.3, 0.4) is 0 Å². The minimum absolute atomic E-state index is 0.293. The van der Waals surface area contributed by atoms with Crippen LogP contribution in [0.15, 0.2) is 77.7 Å². The molecule has 0 saturated carbocycles. The van der Waals surface area contributed by atoms with Crippen molar-refractivity contribution in [3.63, 3.8) is 0 Å². The molecular weight excluding hydrogens is 400 g/mol. The van der Waals surface area contributed by atoms with Crippen molar-refractivity contribution in [3.05, 3.63) is 78.4 Å². The van der Waals surface area contributed by atoms with E-state index in [1.165, 1.54) is 4.31 Å². The zero-order chi connectivity index (χ0) is 21.0. The Morgan fingerprint density at radius 2 is 1.53 bits per heavy atom. The molecule has 1 aliphatic heterocycles. The van der Waals surface area contributed by atoms with E-state index in [2.05, 4.69) is 0 Å². The highest BCUT2D eigenvalue weighted by atomic mass is 32.2. The summed E-state index contributed by atoms with van der Waals surface area (Å²) in [7, 11) is -3.59. The molecule has 4 rings (SSSR count). The number of aldehydes is 1. The molecular formula is C23H24N2O4S. The van der Waals surface area contributed by atoms with Gasteiger partial charge in [-0.25, -0.2) is 8.42 Å². The summed E-state index contributed by atoms with van der Waals surface area (Å²) in [6.07, 6.45) is 0.0897. The third kappa shape index (κ3) is 4.44. The molecule has 0 radical (unpaired) electrons. The van der Waals surface area contributed by atoms with Gasteiger partial charge in [0.1, 0.15) is 0 Å². The minimum atomic E-state index is -3.59. The van der Waals surface area contributed by atoms with Crippen molar-refractivity contribution in [2.75, 3.05) is 26.2 Å². The van der Waals surface area contributed by atoms with Gasteiger partial charge < -0.3 is 4.74 Å². The number of carbonyl (C=O) groups excluding carboxylic acids is 1. The van der Waals surface area contributed by atoms with Gasteiger partial charge in [0, 0.05) is 26.2 Å². The summed E-state index contributed by atoms with van der Waals surface area (Å²) in [4.78, 5) is 13.7. The molecule has 30 heavy (non-hydrogen) atoms. The van der Waals surface area contributed by atoms with E-state index in [-0.39, 0.29) is 0 Å². The van der Waals surface area contributed by atoms with Gasteiger partial charge in [0.2, 0.25) is 10.0 Å². The summed E-state index contributed by atoms with van der Waals surface area (Å²) >= 11 is 0. The largest absolute Gasteiger partial charge is 0.351 e. The molecule has 0 aromatic heterocycles. The Balaban J connectivity index is 1.40. The van der Waals surface area contributed by atoms with Gasteiger partial charge in [-0.1, -0.05) is 60.7 Å². The Morgan fingerprint density at radius 1 is 0.867 bits per heavy atom. The van der Waals surface area contributed by atoms with E-state index in [1.807, 2.05) is 65.6 Å². The number of sulfonamides is 1. The number of nitrogens with zero attached hydrogens (tertiary/aromatic N) is 2. The number of hydrogen-bond acceptors (Lipinski definition) is 5. The second kappa shape index (κ2) is 9.06. The first-order valence-electron chi connectivity index (χ1n) is 9.92. The standard InChI is InChI=1S/C23H24N2O4S/c26-17-23(29-18-19-6-2-1-3-7-19)24-12-14-25(15-13-24)30(27,28)22-11-10-20-8-4-5-9-21(20)16-22/h1-11,16-17,23H,12-15,18H2. The lowest BCUT2D eigenvalue weighted by Crippen LogP contribution is -2.52. The van der Waals surface area contributed by atoms with Crippen LogP contribution in [0.1, 0.15) is 5.56 Å². The molecule has 1 aliphatic rings. The van der Waals surface area contributed by atoms with E-state index in [4.69, 9.17) is 4.74 Å². The Labute approximate surface area is 176 Å². The van der Waals surface area contributed by atoms with Crippen molar-refractivity contribution in [1.29, 1.82) is 0 Å². The van der Waals surface area contributed by atoms with Gasteiger partial charge in [0.05, 0.1) is 11.5 Å². The first-order valence-corrected chi connectivity index (χ1v) is 11.4. The van der Waals surface area contributed by atoms with Crippen molar-refractivity contribution in [3.8, 4) is 0 Å². The highest BCUT2D eigenvalue weighted by Crippen LogP contribution is 2.23. The molecule has 1 unspecified atom stereocenters. The number of fused-ring (bicyclic) bond motifs is 1. The average molecular weight is 425 g/mol. The highest BCUT2D eigenvalue weighted by Gasteiger charge is 2.31. The third-order valence-corrected chi connectivity index (χ3v) is 7.27. The second-order valence-corrected chi connectivity index (χ2v) is 9.21. The molecule has 1 atom stereocenters. The van der Waals surface area contributed by atoms with E-state index < -0.39 is 16.3 Å². The molecule has 0 N–H and O–H groups in total. The molecule has 156 valence electrons. The predicted molar refractivity (Wildman–Crippen MR) is 115 cm³/mol. The molecule has 0 spiro atoms. The van der Waals surface area contributed by atoms with Crippen LogP contribution < -0.4 is 0 Å². The minimum Gasteiger partial charge on any atom is -0.351 e. The number of piperazine rings is 1. The van der Waals surface area contributed by atoms with Crippen LogP contribution in [0.2, 0.25) is 0 Å². The number of rotatable bonds is 7. The second-order valence-electron chi connectivity index (χ2n) is 7.27. The fourth-order valence-corrected chi connectivity index (χ4v) is 5.12. The third-order valence-electron chi connectivity index (χ3n) is 5.37. The van der Waals surface area contributed by atoms with E-state index in [0.717, 1.165) is 22.6 Å². The summed E-state index contributed by atoms with van der Waals surface area (Å²) in [6, 6.07) is 22.5. The summed E-state index contributed by atoms with van der Waals surface area (Å²) < 4.78 is 33.4. The van der Waals surface area contributed by atoms with Crippen LogP contribution >= 0.6 is 0 Å². The van der Waals surface area contributed by atoms with Crippen molar-refractivity contribution < 1.29 is 17.9 Å². The lowest BCUT2D eigenvalue weighted by Gasteiger charge is -2.36. The van der Waals surface area contributed by atoms with Gasteiger partial charge in [-0.05, 0) is 28.5 Å². The first kappa shape index (κ1) is 20.7. The molecule has 1 heterocycles. The van der Waals surface area contributed by atoms with Crippen LogP contribution in [0.4, 0.5) is 0 Å². The topological polar surface area (TPSA) is 66.9 Å². The molecule has 1 saturated heterocycles. The average Bonchev–Trinajstić information content (AvgIpc) is 2.80. The highest BCUT2D eigenvalue weighted by molar-refractivity contribution is 7.89. The van der Waals surface area contributed by atoms with Crippen molar-refractivity contribution in [2.45, 2.75) is 17.7 Å². The number of benzene rings is 3. The summed E-state index contributed by atoms with van der Waals surface area (Å²) in [5.74, 6) is 0. The van der Waals surface area contributed by atoms with Crippen LogP contribution in [-0.4, -0.2) is 56.3 Å². The Hall–Kier alpha value is -2.58. The van der Waals surface area contributed by atoms with Gasteiger partial charge in [-0.15, -0.1) is 0 Å². The van der Waals surface area contributed by atoms with Gasteiger partial charge in [0.25, 0.3) is 0 Å². The molecule has 6 nitrogen and oxygen atoms in total. The fourth-order valence-electron chi connectivity index (χ4n) is 3.66. The van der Waals surface area contributed by atoms with Gasteiger partial charge in [0.15, 0.2) is 12.5 Å². The van der Waals surface area contributed by atoms with E-state index in [9.17, 15) is 13.2 Å². The van der Waals surface area contributed by atoms with Gasteiger partial charge in [-0.2, -0.15) is 4.31 Å². The van der Waals surface area contributed by atoms with E-state index in [0.29, 0.717) is 37.7 Å². The maximum atomic E-state index is 13.1. The molecule has 0 aliphatic carbocycles. The molecule has 0 amide bonds. The number of carbonyl (C=O) groups is 1. The lowest BCUT2D eigenvalue weighted by atomic mass is 10.1. The Kier molecular flexibility index (Phi) is 6.24. The molecule has 3 aromatic carbocycles. The van der Waals surface area contributed by atoms with Crippen LogP contribution in [-0.2, 0) is 26.2 Å². The zero-order valence-corrected chi connectivity index (χ0v) is 17.4. The van der Waals surface area contributed by atoms with Crippen molar-refractivity contribution >= 4 is 27.1 Å². The fraction of sp³-hybridized carbons (Fsp3) is 0.261. The Morgan fingerprint density at radius 3 is 2.23 bits per heavy atom. The van der Waals surface area contributed by atoms with Crippen LogP contribution in [0, 0.1) is 0 Å². The normalized spacial score (nSPS) is 17.1. The zero-order valence-electron chi connectivity index (χ0n) is 16.6. The van der Waals surface area contributed by atoms with E-state index in [1.54, 1.807) is 12.1 Å². The smallest absolute Gasteiger partial charge is 0.243 e. The van der Waals surface area contributed by atoms with Crippen molar-refractivity contribution in [2.24, 2.45) is 0 Å². The van der Waals surface area contributed by atoms with Crippen LogP contribution in [0.25, 0.3) is 10.8 Å². The molecule has 0 bridgehead atoms. The monoisotopic (exact) mass is 424 g/mol. The lowest BCUT2D eigenvalue weighted by molar-refractivity contribution is -0.135. The van der Waals surface area contributed by atoms with Crippen LogP contribution in [0.5, 0.6) is 0 Å².